The topological polar surface area (TPSA) is 63.3 Å². The summed E-state index contributed by atoms with van der Waals surface area (Å²) in [6.07, 6.45) is 2.50. The van der Waals surface area contributed by atoms with E-state index in [4.69, 9.17) is 10.8 Å². The highest BCUT2D eigenvalue weighted by molar-refractivity contribution is 5.67. The van der Waals surface area contributed by atoms with Crippen molar-refractivity contribution < 1.29 is 9.90 Å². The zero-order valence-corrected chi connectivity index (χ0v) is 9.49. The molecule has 0 heterocycles. The first kappa shape index (κ1) is 13.4. The summed E-state index contributed by atoms with van der Waals surface area (Å²) in [4.78, 5) is 10.6. The summed E-state index contributed by atoms with van der Waals surface area (Å²) < 4.78 is 0. The monoisotopic (exact) mass is 201 g/mol. The maximum atomic E-state index is 10.6. The molecule has 0 aliphatic carbocycles. The number of carboxylic acids is 1. The Kier molecular flexibility index (Phi) is 6.54. The fourth-order valence-electron chi connectivity index (χ4n) is 1.89. The van der Waals surface area contributed by atoms with E-state index in [2.05, 4.69) is 20.8 Å². The first-order valence-electron chi connectivity index (χ1n) is 5.44. The van der Waals surface area contributed by atoms with Crippen LogP contribution in [-0.2, 0) is 4.79 Å². The molecule has 0 spiro atoms. The molecule has 0 unspecified atom stereocenters. The first-order chi connectivity index (χ1) is 6.52. The van der Waals surface area contributed by atoms with Crippen LogP contribution in [0.2, 0.25) is 0 Å². The van der Waals surface area contributed by atoms with Crippen LogP contribution in [0, 0.1) is 17.8 Å². The summed E-state index contributed by atoms with van der Waals surface area (Å²) in [6.45, 7) is 6.92. The van der Waals surface area contributed by atoms with Crippen molar-refractivity contribution in [2.75, 3.05) is 6.54 Å². The van der Waals surface area contributed by atoms with Crippen LogP contribution in [0.15, 0.2) is 0 Å². The number of hydrogen-bond acceptors (Lipinski definition) is 2. The fraction of sp³-hybridized carbons (Fsp3) is 0.909. The Balaban J connectivity index is 4.14. The van der Waals surface area contributed by atoms with E-state index in [1.54, 1.807) is 0 Å². The van der Waals surface area contributed by atoms with E-state index in [9.17, 15) is 4.79 Å². The third-order valence-electron chi connectivity index (χ3n) is 3.12. The van der Waals surface area contributed by atoms with E-state index in [-0.39, 0.29) is 12.3 Å². The van der Waals surface area contributed by atoms with Crippen LogP contribution in [0.5, 0.6) is 0 Å². The van der Waals surface area contributed by atoms with Gasteiger partial charge in [0.05, 0.1) is 0 Å². The van der Waals surface area contributed by atoms with Gasteiger partial charge in [0.25, 0.3) is 0 Å². The lowest BCUT2D eigenvalue weighted by atomic mass is 9.80. The normalized spacial score (nSPS) is 17.4. The molecule has 0 bridgehead atoms. The van der Waals surface area contributed by atoms with Crippen molar-refractivity contribution in [3.05, 3.63) is 0 Å². The Morgan fingerprint density at radius 2 is 2.00 bits per heavy atom. The number of rotatable bonds is 7. The number of aliphatic carboxylic acids is 1. The summed E-state index contributed by atoms with van der Waals surface area (Å²) in [5.41, 5.74) is 5.59. The van der Waals surface area contributed by atoms with E-state index in [0.717, 1.165) is 12.8 Å². The van der Waals surface area contributed by atoms with Crippen molar-refractivity contribution in [3.8, 4) is 0 Å². The Morgan fingerprint density at radius 3 is 2.36 bits per heavy atom. The molecule has 3 N–H and O–H groups in total. The molecule has 0 aromatic carbocycles. The van der Waals surface area contributed by atoms with Crippen LogP contribution in [0.1, 0.15) is 40.0 Å². The van der Waals surface area contributed by atoms with Crippen molar-refractivity contribution in [2.24, 2.45) is 23.5 Å². The van der Waals surface area contributed by atoms with Gasteiger partial charge in [-0.05, 0) is 24.3 Å². The van der Waals surface area contributed by atoms with E-state index in [1.807, 2.05) is 0 Å². The molecule has 0 aromatic rings. The highest BCUT2D eigenvalue weighted by Gasteiger charge is 2.23. The first-order valence-corrected chi connectivity index (χ1v) is 5.44. The molecule has 0 saturated heterocycles. The van der Waals surface area contributed by atoms with Gasteiger partial charge in [-0.1, -0.05) is 33.6 Å². The van der Waals surface area contributed by atoms with Crippen molar-refractivity contribution in [1.29, 1.82) is 0 Å². The van der Waals surface area contributed by atoms with Crippen LogP contribution in [0.3, 0.4) is 0 Å². The Bertz CT molecular complexity index is 171. The molecule has 0 aromatic heterocycles. The Hall–Kier alpha value is -0.570. The molecule has 0 saturated carbocycles. The molecule has 3 heteroatoms. The Morgan fingerprint density at radius 1 is 1.43 bits per heavy atom. The lowest BCUT2D eigenvalue weighted by Crippen LogP contribution is -2.28. The number of hydrogen-bond donors (Lipinski definition) is 2. The molecule has 0 aliphatic rings. The minimum absolute atomic E-state index is 0.119. The maximum absolute atomic E-state index is 10.6. The lowest BCUT2D eigenvalue weighted by molar-refractivity contribution is -0.138. The number of nitrogens with two attached hydrogens (primary N) is 1. The molecule has 3 nitrogen and oxygen atoms in total. The lowest BCUT2D eigenvalue weighted by Gasteiger charge is -2.26. The van der Waals surface area contributed by atoms with Gasteiger partial charge < -0.3 is 10.8 Å². The highest BCUT2D eigenvalue weighted by atomic mass is 16.4. The maximum Gasteiger partial charge on any atom is 0.303 e. The van der Waals surface area contributed by atoms with E-state index < -0.39 is 5.97 Å². The zero-order valence-electron chi connectivity index (χ0n) is 9.49. The van der Waals surface area contributed by atoms with Crippen molar-refractivity contribution in [2.45, 2.75) is 40.0 Å². The second-order valence-electron chi connectivity index (χ2n) is 4.22. The van der Waals surface area contributed by atoms with Gasteiger partial charge in [-0.3, -0.25) is 4.79 Å². The summed E-state index contributed by atoms with van der Waals surface area (Å²) in [5, 5.41) is 8.72. The molecule has 84 valence electrons. The molecule has 14 heavy (non-hydrogen) atoms. The van der Waals surface area contributed by atoms with Gasteiger partial charge in [0, 0.05) is 6.42 Å². The molecule has 0 fully saturated rings. The molecular weight excluding hydrogens is 178 g/mol. The highest BCUT2D eigenvalue weighted by Crippen LogP contribution is 2.26. The molecule has 3 atom stereocenters. The fourth-order valence-corrected chi connectivity index (χ4v) is 1.89. The van der Waals surface area contributed by atoms with Gasteiger partial charge in [0.15, 0.2) is 0 Å². The standard InChI is InChI=1S/C11H23NO2/c1-4-5-8(2)9(3)10(7-12)6-11(13)14/h8-10H,4-7,12H2,1-3H3,(H,13,14)/t8-,9-,10+/m1/s1. The minimum Gasteiger partial charge on any atom is -0.481 e. The minimum atomic E-state index is -0.740. The van der Waals surface area contributed by atoms with Gasteiger partial charge in [-0.25, -0.2) is 0 Å². The van der Waals surface area contributed by atoms with Crippen LogP contribution >= 0.6 is 0 Å². The van der Waals surface area contributed by atoms with Crippen LogP contribution in [0.25, 0.3) is 0 Å². The predicted molar refractivity (Wildman–Crippen MR) is 58.0 cm³/mol. The van der Waals surface area contributed by atoms with Gasteiger partial charge in [0.1, 0.15) is 0 Å². The molecule has 0 rings (SSSR count). The Labute approximate surface area is 86.7 Å². The quantitative estimate of drug-likeness (QED) is 0.663. The summed E-state index contributed by atoms with van der Waals surface area (Å²) >= 11 is 0. The number of carbonyl (C=O) groups is 1. The van der Waals surface area contributed by atoms with E-state index in [0.29, 0.717) is 18.4 Å². The largest absolute Gasteiger partial charge is 0.481 e. The van der Waals surface area contributed by atoms with Crippen molar-refractivity contribution in [1.82, 2.24) is 0 Å². The average Bonchev–Trinajstić information content (AvgIpc) is 2.13. The van der Waals surface area contributed by atoms with Gasteiger partial charge >= 0.3 is 5.97 Å². The van der Waals surface area contributed by atoms with E-state index in [1.165, 1.54) is 0 Å². The molecule has 0 aliphatic heterocycles. The smallest absolute Gasteiger partial charge is 0.303 e. The predicted octanol–water partition coefficient (Wildman–Crippen LogP) is 2.11. The molecule has 0 amide bonds. The summed E-state index contributed by atoms with van der Waals surface area (Å²) in [6, 6.07) is 0. The van der Waals surface area contributed by atoms with Gasteiger partial charge in [0.2, 0.25) is 0 Å². The molecule has 0 radical (unpaired) electrons. The van der Waals surface area contributed by atoms with Crippen molar-refractivity contribution in [3.63, 3.8) is 0 Å². The average molecular weight is 201 g/mol. The van der Waals surface area contributed by atoms with Gasteiger partial charge in [-0.2, -0.15) is 0 Å². The number of carboxylic acid groups (broad SMARTS) is 1. The third kappa shape index (κ3) is 4.61. The second-order valence-corrected chi connectivity index (χ2v) is 4.22. The summed E-state index contributed by atoms with van der Waals surface area (Å²) in [7, 11) is 0. The van der Waals surface area contributed by atoms with E-state index >= 15 is 0 Å². The van der Waals surface area contributed by atoms with Crippen LogP contribution < -0.4 is 5.73 Å². The van der Waals surface area contributed by atoms with Crippen LogP contribution in [0.4, 0.5) is 0 Å². The van der Waals surface area contributed by atoms with Crippen molar-refractivity contribution >= 4 is 5.97 Å². The van der Waals surface area contributed by atoms with Crippen LogP contribution in [-0.4, -0.2) is 17.6 Å². The second kappa shape index (κ2) is 6.82. The zero-order chi connectivity index (χ0) is 11.1. The van der Waals surface area contributed by atoms with Gasteiger partial charge in [-0.15, -0.1) is 0 Å². The SMILES string of the molecule is CCC[C@@H](C)[C@@H](C)[C@H](CN)CC(=O)O. The summed E-state index contributed by atoms with van der Waals surface area (Å²) in [5.74, 6) is 0.342. The third-order valence-corrected chi connectivity index (χ3v) is 3.12. The molecular formula is C11H23NO2.